The van der Waals surface area contributed by atoms with Crippen LogP contribution in [-0.4, -0.2) is 28.8 Å². The first-order valence-electron chi connectivity index (χ1n) is 3.38. The topological polar surface area (TPSA) is 46.1 Å². The van der Waals surface area contributed by atoms with Crippen molar-refractivity contribution in [3.63, 3.8) is 0 Å². The molecule has 2 rings (SSSR count). The molecular weight excluding hydrogens is 142 g/mol. The van der Waals surface area contributed by atoms with E-state index in [1.807, 2.05) is 4.90 Å². The number of anilines is 1. The van der Waals surface area contributed by atoms with Crippen LogP contribution in [0.25, 0.3) is 0 Å². The molecule has 0 amide bonds. The third-order valence-corrected chi connectivity index (χ3v) is 1.65. The van der Waals surface area contributed by atoms with E-state index in [-0.39, 0.29) is 5.78 Å². The Balaban J connectivity index is 2.13. The highest BCUT2D eigenvalue weighted by Gasteiger charge is 2.23. The molecule has 0 unspecified atom stereocenters. The minimum absolute atomic E-state index is 0.272. The van der Waals surface area contributed by atoms with Crippen molar-refractivity contribution in [3.05, 3.63) is 18.7 Å². The van der Waals surface area contributed by atoms with E-state index >= 15 is 0 Å². The fourth-order valence-corrected chi connectivity index (χ4v) is 1.02. The molecule has 0 saturated carbocycles. The zero-order valence-corrected chi connectivity index (χ0v) is 5.90. The molecule has 0 aromatic carbocycles. The molecule has 4 heteroatoms. The molecule has 0 atom stereocenters. The summed E-state index contributed by atoms with van der Waals surface area (Å²) < 4.78 is 0. The fourth-order valence-electron chi connectivity index (χ4n) is 1.02. The van der Waals surface area contributed by atoms with Gasteiger partial charge in [0.05, 0.1) is 31.2 Å². The van der Waals surface area contributed by atoms with Crippen LogP contribution in [0.2, 0.25) is 0 Å². The number of rotatable bonds is 1. The minimum atomic E-state index is 0.272. The van der Waals surface area contributed by atoms with Crippen molar-refractivity contribution in [2.24, 2.45) is 0 Å². The normalized spacial score (nSPS) is 16.4. The Morgan fingerprint density at radius 1 is 1.27 bits per heavy atom. The first-order valence-corrected chi connectivity index (χ1v) is 3.38. The van der Waals surface area contributed by atoms with Gasteiger partial charge >= 0.3 is 0 Å². The molecule has 1 aliphatic rings. The van der Waals surface area contributed by atoms with Crippen LogP contribution >= 0.6 is 0 Å². The van der Waals surface area contributed by atoms with Gasteiger partial charge in [-0.15, -0.1) is 0 Å². The second-order valence-corrected chi connectivity index (χ2v) is 2.49. The summed E-state index contributed by atoms with van der Waals surface area (Å²) in [5.41, 5.74) is 0.923. The molecule has 0 N–H and O–H groups in total. The summed E-state index contributed by atoms with van der Waals surface area (Å²) >= 11 is 0. The lowest BCUT2D eigenvalue weighted by Gasteiger charge is -2.30. The van der Waals surface area contributed by atoms with Gasteiger partial charge in [0.2, 0.25) is 0 Å². The molecule has 2 heterocycles. The summed E-state index contributed by atoms with van der Waals surface area (Å²) in [4.78, 5) is 20.2. The maximum absolute atomic E-state index is 10.6. The zero-order valence-electron chi connectivity index (χ0n) is 5.90. The van der Waals surface area contributed by atoms with Crippen molar-refractivity contribution in [1.82, 2.24) is 9.97 Å². The summed E-state index contributed by atoms with van der Waals surface area (Å²) in [5.74, 6) is 0.272. The molecule has 1 aromatic rings. The van der Waals surface area contributed by atoms with Gasteiger partial charge in [-0.1, -0.05) is 0 Å². The van der Waals surface area contributed by atoms with Gasteiger partial charge in [0.15, 0.2) is 5.78 Å². The van der Waals surface area contributed by atoms with Gasteiger partial charge in [0.25, 0.3) is 0 Å². The van der Waals surface area contributed by atoms with Crippen LogP contribution in [0.15, 0.2) is 18.7 Å². The lowest BCUT2D eigenvalue weighted by molar-refractivity contribution is -0.119. The van der Waals surface area contributed by atoms with Crippen LogP contribution in [-0.2, 0) is 4.79 Å². The van der Waals surface area contributed by atoms with E-state index in [0.717, 1.165) is 5.69 Å². The molecule has 0 spiro atoms. The second kappa shape index (κ2) is 2.30. The summed E-state index contributed by atoms with van der Waals surface area (Å²) in [6, 6.07) is 0. The number of carbonyl (C=O) groups is 1. The number of Topliss-reactive ketones (excluding diaryl/α,β-unsaturated/α-hetero) is 1. The Labute approximate surface area is 63.9 Å². The third-order valence-electron chi connectivity index (χ3n) is 1.65. The summed E-state index contributed by atoms with van der Waals surface area (Å²) in [5, 5.41) is 0. The lowest BCUT2D eigenvalue weighted by atomic mass is 10.2. The average Bonchev–Trinajstić information content (AvgIpc) is 2.01. The van der Waals surface area contributed by atoms with Crippen molar-refractivity contribution in [2.45, 2.75) is 0 Å². The molecule has 1 saturated heterocycles. The maximum Gasteiger partial charge on any atom is 0.171 e. The molecule has 4 nitrogen and oxygen atoms in total. The maximum atomic E-state index is 10.6. The molecule has 0 bridgehead atoms. The highest BCUT2D eigenvalue weighted by molar-refractivity contribution is 5.95. The molecule has 11 heavy (non-hydrogen) atoms. The van der Waals surface area contributed by atoms with Crippen molar-refractivity contribution in [1.29, 1.82) is 0 Å². The smallest absolute Gasteiger partial charge is 0.171 e. The Morgan fingerprint density at radius 2 is 1.91 bits per heavy atom. The van der Waals surface area contributed by atoms with E-state index in [4.69, 9.17) is 0 Å². The largest absolute Gasteiger partial charge is 0.354 e. The monoisotopic (exact) mass is 149 g/mol. The van der Waals surface area contributed by atoms with Crippen LogP contribution in [0, 0.1) is 0 Å². The van der Waals surface area contributed by atoms with Crippen LogP contribution in [0.3, 0.4) is 0 Å². The van der Waals surface area contributed by atoms with E-state index in [9.17, 15) is 4.79 Å². The average molecular weight is 149 g/mol. The van der Waals surface area contributed by atoms with Gasteiger partial charge in [0, 0.05) is 0 Å². The van der Waals surface area contributed by atoms with Gasteiger partial charge in [-0.2, -0.15) is 0 Å². The Morgan fingerprint density at radius 3 is 2.45 bits per heavy atom. The lowest BCUT2D eigenvalue weighted by Crippen LogP contribution is -2.47. The number of hydrogen-bond donors (Lipinski definition) is 0. The Bertz CT molecular complexity index is 264. The third kappa shape index (κ3) is 1.07. The molecule has 56 valence electrons. The highest BCUT2D eigenvalue weighted by atomic mass is 16.1. The summed E-state index contributed by atoms with van der Waals surface area (Å²) in [7, 11) is 0. The van der Waals surface area contributed by atoms with E-state index in [1.165, 1.54) is 6.33 Å². The van der Waals surface area contributed by atoms with Crippen molar-refractivity contribution >= 4 is 11.5 Å². The van der Waals surface area contributed by atoms with Gasteiger partial charge in [-0.25, -0.2) is 9.97 Å². The van der Waals surface area contributed by atoms with Crippen molar-refractivity contribution < 1.29 is 4.79 Å². The first-order chi connectivity index (χ1) is 5.36. The summed E-state index contributed by atoms with van der Waals surface area (Å²) in [6.07, 6.45) is 4.89. The van der Waals surface area contributed by atoms with Crippen molar-refractivity contribution in [2.75, 3.05) is 18.0 Å². The van der Waals surface area contributed by atoms with E-state index in [0.29, 0.717) is 13.1 Å². The molecule has 0 radical (unpaired) electrons. The van der Waals surface area contributed by atoms with Crippen LogP contribution in [0.1, 0.15) is 0 Å². The number of nitrogens with zero attached hydrogens (tertiary/aromatic N) is 3. The van der Waals surface area contributed by atoms with E-state index in [1.54, 1.807) is 12.4 Å². The van der Waals surface area contributed by atoms with Crippen molar-refractivity contribution in [3.8, 4) is 0 Å². The minimum Gasteiger partial charge on any atom is -0.354 e. The van der Waals surface area contributed by atoms with Gasteiger partial charge < -0.3 is 4.90 Å². The predicted molar refractivity (Wildman–Crippen MR) is 39.3 cm³/mol. The van der Waals surface area contributed by atoms with Crippen LogP contribution < -0.4 is 4.90 Å². The quantitative estimate of drug-likeness (QED) is 0.557. The predicted octanol–water partition coefficient (Wildman–Crippen LogP) is -0.134. The standard InChI is InChI=1S/C7H7N3O/c11-7-3-10(4-7)6-1-8-5-9-2-6/h1-2,5H,3-4H2. The zero-order chi connectivity index (χ0) is 7.68. The number of ketones is 1. The molecule has 0 aliphatic carbocycles. The van der Waals surface area contributed by atoms with Gasteiger partial charge in [0.1, 0.15) is 6.33 Å². The summed E-state index contributed by atoms with van der Waals surface area (Å²) in [6.45, 7) is 1.01. The van der Waals surface area contributed by atoms with E-state index in [2.05, 4.69) is 9.97 Å². The Hall–Kier alpha value is -1.45. The number of hydrogen-bond acceptors (Lipinski definition) is 4. The van der Waals surface area contributed by atoms with E-state index < -0.39 is 0 Å². The fraction of sp³-hybridized carbons (Fsp3) is 0.286. The van der Waals surface area contributed by atoms with Crippen LogP contribution in [0.4, 0.5) is 5.69 Å². The number of carbonyl (C=O) groups excluding carboxylic acids is 1. The SMILES string of the molecule is O=C1CN(c2cncnc2)C1. The number of aromatic nitrogens is 2. The Kier molecular flexibility index (Phi) is 1.31. The molecule has 1 aliphatic heterocycles. The highest BCUT2D eigenvalue weighted by Crippen LogP contribution is 2.14. The van der Waals surface area contributed by atoms with Gasteiger partial charge in [-0.05, 0) is 0 Å². The first kappa shape index (κ1) is 6.27. The molecular formula is C7H7N3O. The van der Waals surface area contributed by atoms with Crippen LogP contribution in [0.5, 0.6) is 0 Å². The molecule has 1 fully saturated rings. The van der Waals surface area contributed by atoms with Gasteiger partial charge in [-0.3, -0.25) is 4.79 Å². The second-order valence-electron chi connectivity index (χ2n) is 2.49. The molecule has 1 aromatic heterocycles.